The average Bonchev–Trinajstić information content (AvgIpc) is 3.10. The second-order valence-electron chi connectivity index (χ2n) is 5.54. The molecule has 1 atom stereocenters. The fourth-order valence-corrected chi connectivity index (χ4v) is 2.95. The van der Waals surface area contributed by atoms with E-state index in [1.54, 1.807) is 18.6 Å². The van der Waals surface area contributed by atoms with Crippen LogP contribution >= 0.6 is 0 Å². The molecule has 118 valence electrons. The quantitative estimate of drug-likeness (QED) is 0.606. The lowest BCUT2D eigenvalue weighted by Gasteiger charge is -2.20. The Morgan fingerprint density at radius 3 is 2.54 bits per heavy atom. The van der Waals surface area contributed by atoms with Crippen LogP contribution in [0.2, 0.25) is 0 Å². The van der Waals surface area contributed by atoms with Gasteiger partial charge in [-0.2, -0.15) is 0 Å². The normalized spacial score (nSPS) is 12.3. The molecular formula is C18H14N4O2. The number of hydrogen-bond acceptors (Lipinski definition) is 3. The largest absolute Gasteiger partial charge is 0.326 e. The summed E-state index contributed by atoms with van der Waals surface area (Å²) in [5.41, 5.74) is 1.65. The van der Waals surface area contributed by atoms with Crippen LogP contribution in [0.5, 0.6) is 0 Å². The van der Waals surface area contributed by atoms with Crippen molar-refractivity contribution in [2.24, 2.45) is 0 Å². The molecular weight excluding hydrogens is 304 g/mol. The Morgan fingerprint density at radius 2 is 1.79 bits per heavy atom. The fourth-order valence-electron chi connectivity index (χ4n) is 2.95. The van der Waals surface area contributed by atoms with Gasteiger partial charge in [0.25, 0.3) is 5.56 Å². The lowest BCUT2D eigenvalue weighted by Crippen LogP contribution is -2.22. The predicted octanol–water partition coefficient (Wildman–Crippen LogP) is 2.05. The van der Waals surface area contributed by atoms with Gasteiger partial charge in [0, 0.05) is 12.4 Å². The number of rotatable bonds is 3. The van der Waals surface area contributed by atoms with Crippen molar-refractivity contribution in [3.63, 3.8) is 0 Å². The minimum Gasteiger partial charge on any atom is -0.326 e. The van der Waals surface area contributed by atoms with Crippen molar-refractivity contribution in [2.45, 2.75) is 6.04 Å². The second kappa shape index (κ2) is 5.66. The van der Waals surface area contributed by atoms with E-state index < -0.39 is 5.69 Å². The third-order valence-corrected chi connectivity index (χ3v) is 4.02. The van der Waals surface area contributed by atoms with Gasteiger partial charge in [-0.25, -0.2) is 9.78 Å². The van der Waals surface area contributed by atoms with E-state index in [2.05, 4.69) is 15.0 Å². The minimum atomic E-state index is -0.511. The minimum absolute atomic E-state index is 0.0964. The molecule has 0 saturated heterocycles. The molecule has 0 aliphatic carbocycles. The van der Waals surface area contributed by atoms with E-state index in [0.29, 0.717) is 10.9 Å². The molecule has 6 nitrogen and oxygen atoms in total. The molecule has 0 spiro atoms. The number of aromatic nitrogens is 4. The van der Waals surface area contributed by atoms with Crippen molar-refractivity contribution >= 4 is 10.9 Å². The van der Waals surface area contributed by atoms with Crippen LogP contribution in [0.1, 0.15) is 17.2 Å². The SMILES string of the molecule is O=c1[nH]c(=O)c2ccc(C(c3ccccc3)n3ccnc3)cc2[nH]1. The number of fused-ring (bicyclic) bond motifs is 1. The molecule has 0 aliphatic heterocycles. The highest BCUT2D eigenvalue weighted by Gasteiger charge is 2.16. The Labute approximate surface area is 136 Å². The van der Waals surface area contributed by atoms with Crippen LogP contribution in [0.15, 0.2) is 76.8 Å². The third kappa shape index (κ3) is 2.44. The summed E-state index contributed by atoms with van der Waals surface area (Å²) in [6.07, 6.45) is 5.37. The number of imidazole rings is 1. The van der Waals surface area contributed by atoms with E-state index in [1.807, 2.05) is 53.2 Å². The molecule has 2 aromatic carbocycles. The van der Waals surface area contributed by atoms with Crippen LogP contribution < -0.4 is 11.2 Å². The van der Waals surface area contributed by atoms with Crippen molar-refractivity contribution in [1.82, 2.24) is 19.5 Å². The Balaban J connectivity index is 1.95. The van der Waals surface area contributed by atoms with Crippen molar-refractivity contribution < 1.29 is 0 Å². The van der Waals surface area contributed by atoms with E-state index in [-0.39, 0.29) is 11.6 Å². The molecule has 24 heavy (non-hydrogen) atoms. The Hall–Kier alpha value is -3.41. The van der Waals surface area contributed by atoms with E-state index >= 15 is 0 Å². The van der Waals surface area contributed by atoms with E-state index in [0.717, 1.165) is 11.1 Å². The zero-order valence-corrected chi connectivity index (χ0v) is 12.6. The van der Waals surface area contributed by atoms with Gasteiger partial charge in [0.05, 0.1) is 23.3 Å². The van der Waals surface area contributed by atoms with Gasteiger partial charge in [0.1, 0.15) is 0 Å². The molecule has 2 N–H and O–H groups in total. The topological polar surface area (TPSA) is 83.5 Å². The van der Waals surface area contributed by atoms with Crippen LogP contribution in [-0.2, 0) is 0 Å². The molecule has 2 heterocycles. The number of nitrogens with zero attached hydrogens (tertiary/aromatic N) is 2. The fraction of sp³-hybridized carbons (Fsp3) is 0.0556. The lowest BCUT2D eigenvalue weighted by molar-refractivity contribution is 0.677. The standard InChI is InChI=1S/C18H14N4O2/c23-17-14-7-6-13(10-15(14)20-18(24)21-17)16(22-9-8-19-11-22)12-4-2-1-3-5-12/h1-11,16H,(H2,20,21,23,24). The van der Waals surface area contributed by atoms with E-state index in [4.69, 9.17) is 0 Å². The van der Waals surface area contributed by atoms with Crippen LogP contribution in [0.3, 0.4) is 0 Å². The van der Waals surface area contributed by atoms with Crippen molar-refractivity contribution in [3.8, 4) is 0 Å². The zero-order valence-electron chi connectivity index (χ0n) is 12.6. The summed E-state index contributed by atoms with van der Waals surface area (Å²) < 4.78 is 1.99. The second-order valence-corrected chi connectivity index (χ2v) is 5.54. The lowest BCUT2D eigenvalue weighted by atomic mass is 9.97. The first-order valence-corrected chi connectivity index (χ1v) is 7.51. The number of nitrogens with one attached hydrogen (secondary N) is 2. The first-order valence-electron chi connectivity index (χ1n) is 7.51. The van der Waals surface area contributed by atoms with Gasteiger partial charge in [-0.15, -0.1) is 0 Å². The van der Waals surface area contributed by atoms with Crippen molar-refractivity contribution in [3.05, 3.63) is 99.2 Å². The molecule has 4 rings (SSSR count). The summed E-state index contributed by atoms with van der Waals surface area (Å²) in [4.78, 5) is 32.5. The highest BCUT2D eigenvalue weighted by atomic mass is 16.2. The Bertz CT molecular complexity index is 1100. The summed E-state index contributed by atoms with van der Waals surface area (Å²) >= 11 is 0. The number of benzene rings is 2. The molecule has 6 heteroatoms. The molecule has 0 amide bonds. The molecule has 1 unspecified atom stereocenters. The third-order valence-electron chi connectivity index (χ3n) is 4.02. The summed E-state index contributed by atoms with van der Waals surface area (Å²) in [5, 5.41) is 0.454. The molecule has 0 saturated carbocycles. The smallest absolute Gasteiger partial charge is 0.326 e. The van der Waals surface area contributed by atoms with E-state index in [1.165, 1.54) is 0 Å². The molecule has 0 radical (unpaired) electrons. The van der Waals surface area contributed by atoms with Crippen LogP contribution in [0, 0.1) is 0 Å². The van der Waals surface area contributed by atoms with Gasteiger partial charge < -0.3 is 9.55 Å². The molecule has 0 fully saturated rings. The summed E-state index contributed by atoms with van der Waals surface area (Å²) in [6, 6.07) is 15.4. The van der Waals surface area contributed by atoms with E-state index in [9.17, 15) is 9.59 Å². The average molecular weight is 318 g/mol. The molecule has 0 bridgehead atoms. The highest BCUT2D eigenvalue weighted by molar-refractivity contribution is 5.78. The van der Waals surface area contributed by atoms with Crippen LogP contribution in [0.25, 0.3) is 10.9 Å². The number of aromatic amines is 2. The predicted molar refractivity (Wildman–Crippen MR) is 91.1 cm³/mol. The van der Waals surface area contributed by atoms with Gasteiger partial charge in [0.15, 0.2) is 0 Å². The highest BCUT2D eigenvalue weighted by Crippen LogP contribution is 2.27. The first-order chi connectivity index (χ1) is 11.7. The summed E-state index contributed by atoms with van der Waals surface area (Å²) in [7, 11) is 0. The maximum absolute atomic E-state index is 11.9. The van der Waals surface area contributed by atoms with Crippen molar-refractivity contribution in [1.29, 1.82) is 0 Å². The maximum Gasteiger partial charge on any atom is 0.326 e. The first kappa shape index (κ1) is 14.2. The molecule has 0 aliphatic rings. The Morgan fingerprint density at radius 1 is 0.958 bits per heavy atom. The Kier molecular flexibility index (Phi) is 3.35. The maximum atomic E-state index is 11.9. The van der Waals surface area contributed by atoms with Crippen molar-refractivity contribution in [2.75, 3.05) is 0 Å². The van der Waals surface area contributed by atoms with Gasteiger partial charge in [0.2, 0.25) is 0 Å². The van der Waals surface area contributed by atoms with Crippen LogP contribution in [0.4, 0.5) is 0 Å². The monoisotopic (exact) mass is 318 g/mol. The van der Waals surface area contributed by atoms with Gasteiger partial charge in [-0.05, 0) is 23.3 Å². The summed E-state index contributed by atoms with van der Waals surface area (Å²) in [6.45, 7) is 0. The zero-order chi connectivity index (χ0) is 16.5. The molecule has 4 aromatic rings. The van der Waals surface area contributed by atoms with Gasteiger partial charge in [-0.1, -0.05) is 36.4 Å². The van der Waals surface area contributed by atoms with Crippen LogP contribution in [-0.4, -0.2) is 19.5 Å². The summed E-state index contributed by atoms with van der Waals surface area (Å²) in [5.74, 6) is 0. The number of H-pyrrole nitrogens is 2. The van der Waals surface area contributed by atoms with Gasteiger partial charge >= 0.3 is 5.69 Å². The molecule has 2 aromatic heterocycles. The number of hydrogen-bond donors (Lipinski definition) is 2. The van der Waals surface area contributed by atoms with Gasteiger partial charge in [-0.3, -0.25) is 9.78 Å².